The quantitative estimate of drug-likeness (QED) is 0.755. The molecule has 0 aliphatic carbocycles. The van der Waals surface area contributed by atoms with Crippen molar-refractivity contribution in [2.75, 3.05) is 0 Å². The number of benzene rings is 2. The number of rotatable bonds is 4. The van der Waals surface area contributed by atoms with Gasteiger partial charge in [0.1, 0.15) is 6.04 Å². The van der Waals surface area contributed by atoms with Gasteiger partial charge < -0.3 is 11.1 Å². The Morgan fingerprint density at radius 3 is 2.48 bits per heavy atom. The molecule has 1 aromatic heterocycles. The average molecular weight is 354 g/mol. The summed E-state index contributed by atoms with van der Waals surface area (Å²) in [5, 5.41) is 3.94. The Labute approximate surface area is 149 Å². The van der Waals surface area contributed by atoms with Crippen molar-refractivity contribution in [2.24, 2.45) is 5.73 Å². The fourth-order valence-electron chi connectivity index (χ4n) is 2.48. The van der Waals surface area contributed by atoms with E-state index in [-0.39, 0.29) is 5.91 Å². The van der Waals surface area contributed by atoms with Crippen molar-refractivity contribution in [1.29, 1.82) is 0 Å². The number of para-hydroxylation sites is 1. The van der Waals surface area contributed by atoms with Crippen LogP contribution in [0.1, 0.15) is 17.3 Å². The summed E-state index contributed by atoms with van der Waals surface area (Å²) >= 11 is 5.93. The molecule has 3 aromatic rings. The number of nitrogens with two attached hydrogens (primary N) is 1. The smallest absolute Gasteiger partial charge is 0.252 e. The van der Waals surface area contributed by atoms with Crippen LogP contribution in [0.25, 0.3) is 22.2 Å². The second-order valence-corrected chi connectivity index (χ2v) is 6.11. The number of hydrogen-bond donors (Lipinski definition) is 2. The van der Waals surface area contributed by atoms with Gasteiger partial charge in [-0.15, -0.1) is 0 Å². The number of pyridine rings is 1. The van der Waals surface area contributed by atoms with Crippen molar-refractivity contribution in [3.63, 3.8) is 0 Å². The van der Waals surface area contributed by atoms with Crippen molar-refractivity contribution in [1.82, 2.24) is 10.3 Å². The summed E-state index contributed by atoms with van der Waals surface area (Å²) in [6.45, 7) is 1.55. The lowest BCUT2D eigenvalue weighted by molar-refractivity contribution is -0.119. The standard InChI is InChI=1S/C19H16ClN3O2/c1-11(18(21)24)22-19(25)15-10-17(12-6-8-13(20)9-7-12)23-16-5-3-2-4-14(15)16/h2-11H,1H3,(H2,21,24)(H,22,25). The lowest BCUT2D eigenvalue weighted by Crippen LogP contribution is -2.42. The van der Waals surface area contributed by atoms with Crippen LogP contribution >= 0.6 is 11.6 Å². The molecule has 1 heterocycles. The highest BCUT2D eigenvalue weighted by Gasteiger charge is 2.17. The third kappa shape index (κ3) is 3.61. The molecule has 5 nitrogen and oxygen atoms in total. The van der Waals surface area contributed by atoms with Gasteiger partial charge in [0.25, 0.3) is 5.91 Å². The maximum absolute atomic E-state index is 12.6. The Morgan fingerprint density at radius 1 is 1.12 bits per heavy atom. The highest BCUT2D eigenvalue weighted by Crippen LogP contribution is 2.26. The zero-order valence-electron chi connectivity index (χ0n) is 13.5. The summed E-state index contributed by atoms with van der Waals surface area (Å²) < 4.78 is 0. The van der Waals surface area contributed by atoms with Gasteiger partial charge in [0.05, 0.1) is 16.8 Å². The number of halogens is 1. The predicted octanol–water partition coefficient (Wildman–Crippen LogP) is 3.16. The van der Waals surface area contributed by atoms with Crippen LogP contribution in [0.2, 0.25) is 5.02 Å². The number of amides is 2. The molecule has 0 saturated heterocycles. The highest BCUT2D eigenvalue weighted by molar-refractivity contribution is 6.30. The first-order valence-corrected chi connectivity index (χ1v) is 8.09. The van der Waals surface area contributed by atoms with Crippen LogP contribution in [0.4, 0.5) is 0 Å². The van der Waals surface area contributed by atoms with E-state index in [0.29, 0.717) is 27.2 Å². The Hall–Kier alpha value is -2.92. The van der Waals surface area contributed by atoms with E-state index in [1.165, 1.54) is 0 Å². The first-order chi connectivity index (χ1) is 12.0. The minimum atomic E-state index is -0.765. The zero-order valence-corrected chi connectivity index (χ0v) is 14.2. The molecule has 0 saturated carbocycles. The molecule has 25 heavy (non-hydrogen) atoms. The third-order valence-corrected chi connectivity index (χ3v) is 4.13. The van der Waals surface area contributed by atoms with Gasteiger partial charge in [-0.3, -0.25) is 9.59 Å². The molecule has 1 atom stereocenters. The van der Waals surface area contributed by atoms with E-state index in [1.54, 1.807) is 25.1 Å². The number of aromatic nitrogens is 1. The van der Waals surface area contributed by atoms with Crippen LogP contribution < -0.4 is 11.1 Å². The van der Waals surface area contributed by atoms with E-state index in [2.05, 4.69) is 10.3 Å². The van der Waals surface area contributed by atoms with Crippen LogP contribution in [0.5, 0.6) is 0 Å². The molecular formula is C19H16ClN3O2. The molecule has 2 amide bonds. The van der Waals surface area contributed by atoms with Gasteiger partial charge in [-0.2, -0.15) is 0 Å². The number of nitrogens with zero attached hydrogens (tertiary/aromatic N) is 1. The molecule has 2 aromatic carbocycles. The summed E-state index contributed by atoms with van der Waals surface area (Å²) in [6, 6.07) is 15.5. The number of hydrogen-bond acceptors (Lipinski definition) is 3. The fraction of sp³-hybridized carbons (Fsp3) is 0.105. The lowest BCUT2D eigenvalue weighted by atomic mass is 10.0. The van der Waals surface area contributed by atoms with E-state index in [0.717, 1.165) is 5.56 Å². The fourth-order valence-corrected chi connectivity index (χ4v) is 2.60. The Bertz CT molecular complexity index is 955. The maximum Gasteiger partial charge on any atom is 0.252 e. The summed E-state index contributed by atoms with van der Waals surface area (Å²) in [5.41, 5.74) is 7.84. The summed E-state index contributed by atoms with van der Waals surface area (Å²) in [4.78, 5) is 28.5. The molecule has 0 radical (unpaired) electrons. The number of carbonyl (C=O) groups is 2. The average Bonchev–Trinajstić information content (AvgIpc) is 2.61. The first-order valence-electron chi connectivity index (χ1n) is 7.71. The number of carbonyl (C=O) groups excluding carboxylic acids is 2. The summed E-state index contributed by atoms with van der Waals surface area (Å²) in [7, 11) is 0. The largest absolute Gasteiger partial charge is 0.368 e. The van der Waals surface area contributed by atoms with Crippen molar-refractivity contribution in [3.8, 4) is 11.3 Å². The van der Waals surface area contributed by atoms with Crippen molar-refractivity contribution < 1.29 is 9.59 Å². The predicted molar refractivity (Wildman–Crippen MR) is 98.3 cm³/mol. The molecule has 0 aliphatic heterocycles. The van der Waals surface area contributed by atoms with Crippen LogP contribution in [0.15, 0.2) is 54.6 Å². The summed E-state index contributed by atoms with van der Waals surface area (Å²) in [6.07, 6.45) is 0. The van der Waals surface area contributed by atoms with Gasteiger partial charge in [0.2, 0.25) is 5.91 Å². The molecule has 126 valence electrons. The second-order valence-electron chi connectivity index (χ2n) is 5.68. The number of primary amides is 1. The van der Waals surface area contributed by atoms with Crippen molar-refractivity contribution in [2.45, 2.75) is 13.0 Å². The van der Waals surface area contributed by atoms with Crippen LogP contribution in [0.3, 0.4) is 0 Å². The molecule has 3 rings (SSSR count). The van der Waals surface area contributed by atoms with Gasteiger partial charge in [-0.1, -0.05) is 41.9 Å². The minimum absolute atomic E-state index is 0.375. The van der Waals surface area contributed by atoms with E-state index < -0.39 is 11.9 Å². The molecule has 1 unspecified atom stereocenters. The monoisotopic (exact) mass is 353 g/mol. The van der Waals surface area contributed by atoms with Gasteiger partial charge in [-0.25, -0.2) is 4.98 Å². The van der Waals surface area contributed by atoms with Gasteiger partial charge in [0.15, 0.2) is 0 Å². The Morgan fingerprint density at radius 2 is 1.80 bits per heavy atom. The van der Waals surface area contributed by atoms with Crippen LogP contribution in [-0.4, -0.2) is 22.8 Å². The third-order valence-electron chi connectivity index (χ3n) is 3.88. The Kier molecular flexibility index (Phi) is 4.67. The van der Waals surface area contributed by atoms with Gasteiger partial charge in [0, 0.05) is 16.0 Å². The molecule has 3 N–H and O–H groups in total. The molecule has 0 spiro atoms. The van der Waals surface area contributed by atoms with E-state index in [1.807, 2.05) is 36.4 Å². The normalized spacial score (nSPS) is 11.9. The molecule has 0 fully saturated rings. The van der Waals surface area contributed by atoms with Gasteiger partial charge in [-0.05, 0) is 31.2 Å². The summed E-state index contributed by atoms with van der Waals surface area (Å²) in [5.74, 6) is -0.968. The SMILES string of the molecule is CC(NC(=O)c1cc(-c2ccc(Cl)cc2)nc2ccccc12)C(N)=O. The molecule has 0 bridgehead atoms. The zero-order chi connectivity index (χ0) is 18.0. The molecule has 0 aliphatic rings. The number of nitrogens with one attached hydrogen (secondary N) is 1. The van der Waals surface area contributed by atoms with Gasteiger partial charge >= 0.3 is 0 Å². The van der Waals surface area contributed by atoms with Crippen molar-refractivity contribution >= 4 is 34.3 Å². The first kappa shape index (κ1) is 16.9. The molecular weight excluding hydrogens is 338 g/mol. The Balaban J connectivity index is 2.11. The topological polar surface area (TPSA) is 85.1 Å². The minimum Gasteiger partial charge on any atom is -0.368 e. The highest BCUT2D eigenvalue weighted by atomic mass is 35.5. The van der Waals surface area contributed by atoms with Crippen LogP contribution in [-0.2, 0) is 4.79 Å². The van der Waals surface area contributed by atoms with E-state index in [4.69, 9.17) is 17.3 Å². The second kappa shape index (κ2) is 6.91. The van der Waals surface area contributed by atoms with Crippen molar-refractivity contribution in [3.05, 3.63) is 65.2 Å². The van der Waals surface area contributed by atoms with E-state index >= 15 is 0 Å². The maximum atomic E-state index is 12.6. The van der Waals surface area contributed by atoms with Crippen LogP contribution in [0, 0.1) is 0 Å². The van der Waals surface area contributed by atoms with E-state index in [9.17, 15) is 9.59 Å². The number of fused-ring (bicyclic) bond motifs is 1. The molecule has 6 heteroatoms. The lowest BCUT2D eigenvalue weighted by Gasteiger charge is -2.13.